The summed E-state index contributed by atoms with van der Waals surface area (Å²) >= 11 is 0. The van der Waals surface area contributed by atoms with Crippen molar-refractivity contribution in [2.24, 2.45) is 5.92 Å². The summed E-state index contributed by atoms with van der Waals surface area (Å²) in [5.74, 6) is 1.30. The second-order valence-corrected chi connectivity index (χ2v) is 8.41. The molecule has 2 aliphatic rings. The topological polar surface area (TPSA) is 61.3 Å². The molecule has 154 valence electrons. The van der Waals surface area contributed by atoms with Gasteiger partial charge in [-0.15, -0.1) is 0 Å². The Balaban J connectivity index is 1.40. The Labute approximate surface area is 173 Å². The van der Waals surface area contributed by atoms with E-state index < -0.39 is 0 Å². The van der Waals surface area contributed by atoms with Crippen molar-refractivity contribution in [3.05, 3.63) is 58.9 Å². The van der Waals surface area contributed by atoms with Gasteiger partial charge < -0.3 is 15.3 Å². The molecule has 0 spiro atoms. The van der Waals surface area contributed by atoms with E-state index in [-0.39, 0.29) is 0 Å². The number of rotatable bonds is 6. The number of piperidine rings is 1. The van der Waals surface area contributed by atoms with Crippen LogP contribution in [0.4, 0.5) is 5.95 Å². The minimum Gasteiger partial charge on any atom is -0.396 e. The lowest BCUT2D eigenvalue weighted by molar-refractivity contribution is 0.202. The first-order valence-corrected chi connectivity index (χ1v) is 10.9. The lowest BCUT2D eigenvalue weighted by Crippen LogP contribution is -2.36. The molecule has 2 heterocycles. The molecule has 2 N–H and O–H groups in total. The molecule has 1 aromatic carbocycles. The number of hydrogen-bond acceptors (Lipinski definition) is 5. The first-order chi connectivity index (χ1) is 14.2. The van der Waals surface area contributed by atoms with Gasteiger partial charge in [-0.25, -0.2) is 9.97 Å². The molecule has 29 heavy (non-hydrogen) atoms. The zero-order chi connectivity index (χ0) is 20.1. The van der Waals surface area contributed by atoms with Crippen molar-refractivity contribution in [3.8, 4) is 0 Å². The van der Waals surface area contributed by atoms with Crippen molar-refractivity contribution < 1.29 is 5.11 Å². The first-order valence-electron chi connectivity index (χ1n) is 10.9. The van der Waals surface area contributed by atoms with Gasteiger partial charge in [0.1, 0.15) is 0 Å². The fourth-order valence-corrected chi connectivity index (χ4v) is 4.39. The van der Waals surface area contributed by atoms with E-state index in [0.29, 0.717) is 18.6 Å². The fourth-order valence-electron chi connectivity index (χ4n) is 4.39. The molecule has 1 unspecified atom stereocenters. The molecule has 1 aliphatic carbocycles. The largest absolute Gasteiger partial charge is 0.396 e. The maximum atomic E-state index is 9.35. The fraction of sp³-hybridized carbons (Fsp3) is 0.500. The van der Waals surface area contributed by atoms with Gasteiger partial charge in [-0.2, -0.15) is 0 Å². The molecular formula is C24H32N4O. The maximum Gasteiger partial charge on any atom is 0.225 e. The monoisotopic (exact) mass is 392 g/mol. The lowest BCUT2D eigenvalue weighted by atomic mass is 9.92. The summed E-state index contributed by atoms with van der Waals surface area (Å²) in [6.07, 6.45) is 9.66. The van der Waals surface area contributed by atoms with E-state index in [1.807, 2.05) is 12.3 Å². The molecule has 1 saturated heterocycles. The van der Waals surface area contributed by atoms with Crippen LogP contribution >= 0.6 is 0 Å². The summed E-state index contributed by atoms with van der Waals surface area (Å²) < 4.78 is 0. The van der Waals surface area contributed by atoms with E-state index in [1.54, 1.807) is 0 Å². The van der Waals surface area contributed by atoms with Crippen LogP contribution in [0.25, 0.3) is 6.08 Å². The van der Waals surface area contributed by atoms with E-state index in [4.69, 9.17) is 9.97 Å². The number of hydrogen-bond donors (Lipinski definition) is 2. The molecule has 0 bridgehead atoms. The van der Waals surface area contributed by atoms with Gasteiger partial charge in [0, 0.05) is 44.0 Å². The summed E-state index contributed by atoms with van der Waals surface area (Å²) in [4.78, 5) is 11.9. The highest BCUT2D eigenvalue weighted by molar-refractivity contribution is 5.52. The second kappa shape index (κ2) is 9.51. The van der Waals surface area contributed by atoms with Crippen LogP contribution in [0, 0.1) is 5.92 Å². The average molecular weight is 393 g/mol. The molecule has 0 radical (unpaired) electrons. The molecule has 1 aromatic heterocycles. The average Bonchev–Trinajstić information content (AvgIpc) is 2.78. The predicted molar refractivity (Wildman–Crippen MR) is 118 cm³/mol. The van der Waals surface area contributed by atoms with Crippen LogP contribution in [0.2, 0.25) is 0 Å². The maximum absolute atomic E-state index is 9.35. The summed E-state index contributed by atoms with van der Waals surface area (Å²) in [5, 5.41) is 13.1. The number of aromatic nitrogens is 2. The molecular weight excluding hydrogens is 360 g/mol. The molecule has 1 fully saturated rings. The van der Waals surface area contributed by atoms with Crippen molar-refractivity contribution >= 4 is 12.0 Å². The lowest BCUT2D eigenvalue weighted by Gasteiger charge is -2.32. The Morgan fingerprint density at radius 3 is 2.76 bits per heavy atom. The van der Waals surface area contributed by atoms with Gasteiger partial charge in [0.05, 0.1) is 5.69 Å². The van der Waals surface area contributed by atoms with Crippen molar-refractivity contribution in [1.82, 2.24) is 15.3 Å². The highest BCUT2D eigenvalue weighted by Crippen LogP contribution is 2.30. The molecule has 4 rings (SSSR count). The number of nitrogens with zero attached hydrogens (tertiary/aromatic N) is 3. The molecule has 0 saturated carbocycles. The Morgan fingerprint density at radius 2 is 2.00 bits per heavy atom. The van der Waals surface area contributed by atoms with E-state index in [2.05, 4.69) is 47.5 Å². The van der Waals surface area contributed by atoms with Crippen molar-refractivity contribution in [3.63, 3.8) is 0 Å². The summed E-state index contributed by atoms with van der Waals surface area (Å²) in [7, 11) is 0. The Kier molecular flexibility index (Phi) is 6.57. The van der Waals surface area contributed by atoms with Gasteiger partial charge >= 0.3 is 0 Å². The van der Waals surface area contributed by atoms with Gasteiger partial charge in [0.25, 0.3) is 0 Å². The predicted octanol–water partition coefficient (Wildman–Crippen LogP) is 3.76. The molecule has 1 atom stereocenters. The Hall–Kier alpha value is -2.24. The van der Waals surface area contributed by atoms with E-state index in [9.17, 15) is 5.11 Å². The van der Waals surface area contributed by atoms with E-state index in [1.165, 1.54) is 22.4 Å². The van der Waals surface area contributed by atoms with E-state index >= 15 is 0 Å². The van der Waals surface area contributed by atoms with Crippen LogP contribution in [-0.4, -0.2) is 41.3 Å². The first kappa shape index (κ1) is 20.0. The SMILES string of the molecule is C/C(=C\c1ccccc1)CNC1CCCc2nc(N3CCC(CO)CC3)ncc21. The highest BCUT2D eigenvalue weighted by atomic mass is 16.3. The van der Waals surface area contributed by atoms with Crippen LogP contribution in [0.1, 0.15) is 55.5 Å². The molecule has 1 aliphatic heterocycles. The third-order valence-corrected chi connectivity index (χ3v) is 6.16. The highest BCUT2D eigenvalue weighted by Gasteiger charge is 2.25. The third-order valence-electron chi connectivity index (χ3n) is 6.16. The number of aliphatic hydroxyl groups is 1. The number of anilines is 1. The summed E-state index contributed by atoms with van der Waals surface area (Å²) in [5.41, 5.74) is 5.03. The van der Waals surface area contributed by atoms with Crippen molar-refractivity contribution in [1.29, 1.82) is 0 Å². The smallest absolute Gasteiger partial charge is 0.225 e. The van der Waals surface area contributed by atoms with Crippen LogP contribution < -0.4 is 10.2 Å². The zero-order valence-electron chi connectivity index (χ0n) is 17.3. The summed E-state index contributed by atoms with van der Waals surface area (Å²) in [6, 6.07) is 10.8. The molecule has 2 aromatic rings. The number of aryl methyl sites for hydroxylation is 1. The molecule has 5 heteroatoms. The van der Waals surface area contributed by atoms with Gasteiger partial charge in [0.2, 0.25) is 5.95 Å². The number of nitrogens with one attached hydrogen (secondary N) is 1. The minimum atomic E-state index is 0.296. The van der Waals surface area contributed by atoms with Gasteiger partial charge in [0.15, 0.2) is 0 Å². The van der Waals surface area contributed by atoms with Gasteiger partial charge in [-0.3, -0.25) is 0 Å². The van der Waals surface area contributed by atoms with Crippen LogP contribution in [-0.2, 0) is 6.42 Å². The van der Waals surface area contributed by atoms with E-state index in [0.717, 1.165) is 57.7 Å². The Bertz CT molecular complexity index is 828. The normalized spacial score (nSPS) is 20.6. The number of fused-ring (bicyclic) bond motifs is 1. The molecule has 5 nitrogen and oxygen atoms in total. The Morgan fingerprint density at radius 1 is 1.21 bits per heavy atom. The van der Waals surface area contributed by atoms with Crippen LogP contribution in [0.15, 0.2) is 42.1 Å². The van der Waals surface area contributed by atoms with Gasteiger partial charge in [-0.1, -0.05) is 42.0 Å². The van der Waals surface area contributed by atoms with Crippen LogP contribution in [0.3, 0.4) is 0 Å². The van der Waals surface area contributed by atoms with Gasteiger partial charge in [-0.05, 0) is 50.5 Å². The standard InChI is InChI=1S/C24H32N4O/c1-18(14-19-6-3-2-4-7-19)15-25-22-8-5-9-23-21(22)16-26-24(27-23)28-12-10-20(17-29)11-13-28/h2-4,6-7,14,16,20,22,25,29H,5,8-13,15,17H2,1H3/b18-14+. The second-order valence-electron chi connectivity index (χ2n) is 8.41. The molecule has 0 amide bonds. The number of aliphatic hydroxyl groups excluding tert-OH is 1. The number of benzene rings is 1. The quantitative estimate of drug-likeness (QED) is 0.784. The zero-order valence-corrected chi connectivity index (χ0v) is 17.3. The van der Waals surface area contributed by atoms with Crippen LogP contribution in [0.5, 0.6) is 0 Å². The summed E-state index contributed by atoms with van der Waals surface area (Å²) in [6.45, 7) is 5.23. The van der Waals surface area contributed by atoms with Crippen molar-refractivity contribution in [2.75, 3.05) is 31.1 Å². The third kappa shape index (κ3) is 5.03. The van der Waals surface area contributed by atoms with Crippen molar-refractivity contribution in [2.45, 2.75) is 45.1 Å². The minimum absolute atomic E-state index is 0.296.